The highest BCUT2D eigenvalue weighted by Gasteiger charge is 2.18. The minimum atomic E-state index is 0.0496. The lowest BCUT2D eigenvalue weighted by molar-refractivity contribution is -0.132. The molecule has 0 bridgehead atoms. The van der Waals surface area contributed by atoms with Crippen molar-refractivity contribution < 1.29 is 14.6 Å². The van der Waals surface area contributed by atoms with Crippen LogP contribution in [-0.4, -0.2) is 68.2 Å². The third-order valence-electron chi connectivity index (χ3n) is 3.22. The number of ether oxygens (including phenoxy) is 1. The first-order valence-electron chi connectivity index (χ1n) is 6.80. The molecular formula is C13H15N5O3S. The lowest BCUT2D eigenvalue weighted by Crippen LogP contribution is -2.41. The highest BCUT2D eigenvalue weighted by molar-refractivity contribution is 7.99. The highest BCUT2D eigenvalue weighted by Crippen LogP contribution is 2.20. The molecule has 1 fully saturated rings. The summed E-state index contributed by atoms with van der Waals surface area (Å²) in [4.78, 5) is 13.9. The molecule has 1 aromatic carbocycles. The van der Waals surface area contributed by atoms with Gasteiger partial charge in [0.1, 0.15) is 5.75 Å². The van der Waals surface area contributed by atoms with E-state index in [1.165, 1.54) is 16.4 Å². The molecule has 1 aromatic heterocycles. The maximum absolute atomic E-state index is 12.1. The minimum absolute atomic E-state index is 0.0496. The van der Waals surface area contributed by atoms with Crippen LogP contribution in [0, 0.1) is 0 Å². The Kier molecular flexibility index (Phi) is 4.54. The van der Waals surface area contributed by atoms with Crippen molar-refractivity contribution in [2.24, 2.45) is 0 Å². The van der Waals surface area contributed by atoms with E-state index in [4.69, 9.17) is 4.74 Å². The molecule has 3 rings (SSSR count). The van der Waals surface area contributed by atoms with Gasteiger partial charge in [-0.2, -0.15) is 4.68 Å². The van der Waals surface area contributed by atoms with Crippen molar-refractivity contribution in [3.05, 3.63) is 24.3 Å². The Morgan fingerprint density at radius 1 is 1.27 bits per heavy atom. The van der Waals surface area contributed by atoms with Crippen LogP contribution in [0.4, 0.5) is 0 Å². The van der Waals surface area contributed by atoms with Crippen LogP contribution in [0.5, 0.6) is 5.75 Å². The molecule has 1 saturated heterocycles. The molecule has 1 aliphatic heterocycles. The number of amides is 1. The van der Waals surface area contributed by atoms with Crippen molar-refractivity contribution in [3.63, 3.8) is 0 Å². The molecule has 116 valence electrons. The Morgan fingerprint density at radius 2 is 2.00 bits per heavy atom. The molecule has 8 nitrogen and oxygen atoms in total. The van der Waals surface area contributed by atoms with Crippen LogP contribution >= 0.6 is 11.8 Å². The number of aromatic nitrogens is 4. The smallest absolute Gasteiger partial charge is 0.233 e. The van der Waals surface area contributed by atoms with Crippen LogP contribution in [0.1, 0.15) is 0 Å². The van der Waals surface area contributed by atoms with Gasteiger partial charge in [0.05, 0.1) is 24.7 Å². The first kappa shape index (κ1) is 14.8. The number of thioether (sulfide) groups is 1. The molecule has 0 saturated carbocycles. The highest BCUT2D eigenvalue weighted by atomic mass is 32.2. The first-order chi connectivity index (χ1) is 10.7. The van der Waals surface area contributed by atoms with Crippen molar-refractivity contribution in [1.29, 1.82) is 0 Å². The van der Waals surface area contributed by atoms with Crippen LogP contribution in [0.2, 0.25) is 0 Å². The van der Waals surface area contributed by atoms with Gasteiger partial charge < -0.3 is 14.7 Å². The normalized spacial score (nSPS) is 15.0. The van der Waals surface area contributed by atoms with Crippen LogP contribution in [-0.2, 0) is 9.53 Å². The van der Waals surface area contributed by atoms with E-state index >= 15 is 0 Å². The maximum Gasteiger partial charge on any atom is 0.233 e. The van der Waals surface area contributed by atoms with Gasteiger partial charge in [0.25, 0.3) is 0 Å². The molecule has 0 unspecified atom stereocenters. The minimum Gasteiger partial charge on any atom is -0.508 e. The van der Waals surface area contributed by atoms with Gasteiger partial charge in [-0.3, -0.25) is 4.79 Å². The molecule has 1 aliphatic rings. The van der Waals surface area contributed by atoms with E-state index in [9.17, 15) is 9.90 Å². The molecule has 22 heavy (non-hydrogen) atoms. The summed E-state index contributed by atoms with van der Waals surface area (Å²) in [5, 5.41) is 21.4. The number of phenolic OH excluding ortho intramolecular Hbond substituents is 1. The fourth-order valence-electron chi connectivity index (χ4n) is 2.06. The summed E-state index contributed by atoms with van der Waals surface area (Å²) in [5.74, 6) is 0.500. The average molecular weight is 321 g/mol. The van der Waals surface area contributed by atoms with Crippen molar-refractivity contribution in [1.82, 2.24) is 25.1 Å². The zero-order chi connectivity index (χ0) is 15.4. The molecular weight excluding hydrogens is 306 g/mol. The summed E-state index contributed by atoms with van der Waals surface area (Å²) in [5.41, 5.74) is 0.726. The van der Waals surface area contributed by atoms with Gasteiger partial charge >= 0.3 is 0 Å². The lowest BCUT2D eigenvalue weighted by Gasteiger charge is -2.26. The third-order valence-corrected chi connectivity index (χ3v) is 4.13. The standard InChI is InChI=1S/C13H15N5O3S/c19-11-3-1-10(2-4-11)18-13(14-15-16-18)22-9-12(20)17-5-7-21-8-6-17/h1-4,19H,5-9H2. The molecule has 0 aliphatic carbocycles. The van der Waals surface area contributed by atoms with E-state index in [1.54, 1.807) is 29.2 Å². The molecule has 1 N–H and O–H groups in total. The van der Waals surface area contributed by atoms with Crippen molar-refractivity contribution >= 4 is 17.7 Å². The number of nitrogens with zero attached hydrogens (tertiary/aromatic N) is 5. The van der Waals surface area contributed by atoms with E-state index in [2.05, 4.69) is 15.5 Å². The molecule has 1 amide bonds. The third kappa shape index (κ3) is 3.37. The largest absolute Gasteiger partial charge is 0.508 e. The first-order valence-corrected chi connectivity index (χ1v) is 7.79. The molecule has 0 atom stereocenters. The number of phenols is 1. The Morgan fingerprint density at radius 3 is 2.73 bits per heavy atom. The molecule has 9 heteroatoms. The second kappa shape index (κ2) is 6.75. The number of hydrogen-bond donors (Lipinski definition) is 1. The Hall–Kier alpha value is -2.13. The van der Waals surface area contributed by atoms with Gasteiger partial charge in [-0.1, -0.05) is 11.8 Å². The summed E-state index contributed by atoms with van der Waals surface area (Å²) in [6.45, 7) is 2.42. The number of aromatic hydroxyl groups is 1. The number of carbonyl (C=O) groups is 1. The van der Waals surface area contributed by atoms with Crippen molar-refractivity contribution in [2.45, 2.75) is 5.16 Å². The number of hydrogen-bond acceptors (Lipinski definition) is 7. The van der Waals surface area contributed by atoms with Crippen LogP contribution in [0.15, 0.2) is 29.4 Å². The Labute approximate surface area is 131 Å². The number of tetrazole rings is 1. The summed E-state index contributed by atoms with van der Waals surface area (Å²) in [7, 11) is 0. The van der Waals surface area contributed by atoms with Gasteiger partial charge in [-0.25, -0.2) is 0 Å². The Bertz CT molecular complexity index is 639. The van der Waals surface area contributed by atoms with Gasteiger partial charge in [-0.05, 0) is 34.7 Å². The quantitative estimate of drug-likeness (QED) is 0.810. The monoisotopic (exact) mass is 321 g/mol. The van der Waals surface area contributed by atoms with E-state index in [1.807, 2.05) is 0 Å². The number of benzene rings is 1. The predicted molar refractivity (Wildman–Crippen MR) is 78.9 cm³/mol. The van der Waals surface area contributed by atoms with Gasteiger partial charge in [0, 0.05) is 13.1 Å². The molecule has 2 heterocycles. The Balaban J connectivity index is 1.65. The zero-order valence-electron chi connectivity index (χ0n) is 11.8. The number of rotatable bonds is 4. The van der Waals surface area contributed by atoms with Gasteiger partial charge in [-0.15, -0.1) is 5.10 Å². The number of morpholine rings is 1. The maximum atomic E-state index is 12.1. The number of carbonyl (C=O) groups excluding carboxylic acids is 1. The predicted octanol–water partition coefficient (Wildman–Crippen LogP) is 0.319. The topological polar surface area (TPSA) is 93.4 Å². The fourth-order valence-corrected chi connectivity index (χ4v) is 2.85. The van der Waals surface area contributed by atoms with Crippen LogP contribution in [0.3, 0.4) is 0 Å². The van der Waals surface area contributed by atoms with E-state index in [0.717, 1.165) is 5.69 Å². The van der Waals surface area contributed by atoms with Crippen LogP contribution < -0.4 is 0 Å². The van der Waals surface area contributed by atoms with E-state index < -0.39 is 0 Å². The fraction of sp³-hybridized carbons (Fsp3) is 0.385. The lowest BCUT2D eigenvalue weighted by atomic mass is 10.3. The van der Waals surface area contributed by atoms with Crippen LogP contribution in [0.25, 0.3) is 5.69 Å². The van der Waals surface area contributed by atoms with Gasteiger partial charge in [0.15, 0.2) is 0 Å². The summed E-state index contributed by atoms with van der Waals surface area (Å²) in [6, 6.07) is 6.54. The SMILES string of the molecule is O=C(CSc1nnnn1-c1ccc(O)cc1)N1CCOCC1. The second-order valence-electron chi connectivity index (χ2n) is 4.67. The molecule has 0 spiro atoms. The van der Waals surface area contributed by atoms with E-state index in [-0.39, 0.29) is 17.4 Å². The molecule has 0 radical (unpaired) electrons. The second-order valence-corrected chi connectivity index (χ2v) is 5.61. The molecule has 2 aromatic rings. The van der Waals surface area contributed by atoms with Gasteiger partial charge in [0.2, 0.25) is 11.1 Å². The summed E-state index contributed by atoms with van der Waals surface area (Å²) < 4.78 is 6.77. The zero-order valence-corrected chi connectivity index (χ0v) is 12.6. The summed E-state index contributed by atoms with van der Waals surface area (Å²) >= 11 is 1.29. The van der Waals surface area contributed by atoms with E-state index in [0.29, 0.717) is 31.5 Å². The van der Waals surface area contributed by atoms with Crippen molar-refractivity contribution in [2.75, 3.05) is 32.1 Å². The summed E-state index contributed by atoms with van der Waals surface area (Å²) in [6.07, 6.45) is 0. The van der Waals surface area contributed by atoms with Crippen molar-refractivity contribution in [3.8, 4) is 11.4 Å². The average Bonchev–Trinajstić information content (AvgIpc) is 3.02.